The number of aromatic nitrogens is 4. The van der Waals surface area contributed by atoms with Crippen molar-refractivity contribution in [3.63, 3.8) is 0 Å². The van der Waals surface area contributed by atoms with Gasteiger partial charge in [-0.1, -0.05) is 0 Å². The van der Waals surface area contributed by atoms with Crippen LogP contribution >= 0.6 is 11.3 Å². The van der Waals surface area contributed by atoms with Gasteiger partial charge in [-0.15, -0.1) is 11.3 Å². The van der Waals surface area contributed by atoms with E-state index in [9.17, 15) is 15.8 Å². The van der Waals surface area contributed by atoms with Gasteiger partial charge in [-0.25, -0.2) is 15.0 Å². The molecule has 11 heteroatoms. The number of fused-ring (bicyclic) bond motifs is 2. The molecule has 220 valence electrons. The summed E-state index contributed by atoms with van der Waals surface area (Å²) in [5.74, 6) is 1.88. The lowest BCUT2D eigenvalue weighted by atomic mass is 9.63. The molecule has 3 aromatic heterocycles. The molecule has 2 atom stereocenters. The monoisotopic (exact) mass is 585 g/mol. The SMILES string of the molecule is CC(C)N1CCCN(c2cc(-n3ccnc3)nc(C(=N)C3=C(O)[C@@]4(CCC3)CCCc3sc(N)c(C#N)c34)n2)[C@@H](C)C1. The lowest BCUT2D eigenvalue weighted by Gasteiger charge is -2.41. The molecule has 2 aliphatic carbocycles. The van der Waals surface area contributed by atoms with Gasteiger partial charge in [0.15, 0.2) is 5.82 Å². The van der Waals surface area contributed by atoms with Crippen LogP contribution in [0.25, 0.3) is 5.82 Å². The number of nitriles is 1. The van der Waals surface area contributed by atoms with Crippen molar-refractivity contribution in [3.8, 4) is 11.9 Å². The van der Waals surface area contributed by atoms with Crippen LogP contribution in [-0.4, -0.2) is 67.0 Å². The van der Waals surface area contributed by atoms with Gasteiger partial charge < -0.3 is 15.7 Å². The smallest absolute Gasteiger partial charge is 0.181 e. The molecule has 4 N–H and O–H groups in total. The third-order valence-electron chi connectivity index (χ3n) is 9.27. The van der Waals surface area contributed by atoms with Crippen molar-refractivity contribution in [2.24, 2.45) is 0 Å². The number of aliphatic hydroxyl groups is 1. The molecule has 0 amide bonds. The molecule has 3 aliphatic rings. The Hall–Kier alpha value is -3.75. The van der Waals surface area contributed by atoms with Crippen LogP contribution in [-0.2, 0) is 11.8 Å². The molecule has 42 heavy (non-hydrogen) atoms. The van der Waals surface area contributed by atoms with Crippen LogP contribution in [0.1, 0.15) is 81.1 Å². The number of nitrogen functional groups attached to an aromatic ring is 1. The number of rotatable bonds is 5. The normalized spacial score (nSPS) is 23.2. The van der Waals surface area contributed by atoms with Gasteiger partial charge in [-0.3, -0.25) is 14.9 Å². The van der Waals surface area contributed by atoms with E-state index in [2.05, 4.69) is 41.6 Å². The Balaban J connectivity index is 1.44. The summed E-state index contributed by atoms with van der Waals surface area (Å²) in [6.45, 7) is 9.51. The fourth-order valence-corrected chi connectivity index (χ4v) is 8.30. The zero-order valence-corrected chi connectivity index (χ0v) is 25.4. The minimum absolute atomic E-state index is 0.134. The van der Waals surface area contributed by atoms with E-state index in [1.54, 1.807) is 12.5 Å². The number of allylic oxidation sites excluding steroid dienone is 2. The maximum Gasteiger partial charge on any atom is 0.181 e. The highest BCUT2D eigenvalue weighted by Crippen LogP contribution is 2.54. The Morgan fingerprint density at radius 3 is 2.67 bits per heavy atom. The summed E-state index contributed by atoms with van der Waals surface area (Å²) in [5.41, 5.74) is 7.63. The first-order chi connectivity index (χ1) is 20.2. The van der Waals surface area contributed by atoms with Crippen molar-refractivity contribution >= 4 is 27.9 Å². The van der Waals surface area contributed by atoms with Crippen molar-refractivity contribution in [2.75, 3.05) is 30.3 Å². The number of nitrogens with two attached hydrogens (primary N) is 1. The van der Waals surface area contributed by atoms with Crippen molar-refractivity contribution < 1.29 is 5.11 Å². The standard InChI is InChI=1S/C31H39N9OS/c1-19(2)38-12-6-13-40(20(3)17-38)25-15-24(39-14-11-35-18-39)36-30(37-25)27(33)21-7-4-9-31(28(21)41)10-5-8-23-26(31)22(16-32)29(34)42-23/h11,14-15,18-20,33,41H,4-10,12-13,17,34H2,1-3H3/t20-,31-/m0/s1. The van der Waals surface area contributed by atoms with Gasteiger partial charge in [0.25, 0.3) is 0 Å². The maximum absolute atomic E-state index is 12.0. The number of hydrogen-bond donors (Lipinski definition) is 3. The predicted molar refractivity (Wildman–Crippen MR) is 166 cm³/mol. The minimum atomic E-state index is -0.697. The van der Waals surface area contributed by atoms with E-state index >= 15 is 0 Å². The van der Waals surface area contributed by atoms with Crippen LogP contribution in [0.3, 0.4) is 0 Å². The fourth-order valence-electron chi connectivity index (χ4n) is 7.14. The van der Waals surface area contributed by atoms with Crippen molar-refractivity contribution in [3.05, 3.63) is 57.9 Å². The Morgan fingerprint density at radius 2 is 1.95 bits per heavy atom. The third kappa shape index (κ3) is 4.76. The van der Waals surface area contributed by atoms with Crippen LogP contribution in [0.2, 0.25) is 0 Å². The maximum atomic E-state index is 12.0. The van der Waals surface area contributed by atoms with Gasteiger partial charge in [0, 0.05) is 60.6 Å². The molecule has 0 saturated carbocycles. The molecule has 1 spiro atoms. The van der Waals surface area contributed by atoms with Crippen LogP contribution in [0.4, 0.5) is 10.8 Å². The van der Waals surface area contributed by atoms with Gasteiger partial charge in [0.2, 0.25) is 0 Å². The minimum Gasteiger partial charge on any atom is -0.511 e. The Kier molecular flexibility index (Phi) is 7.53. The molecule has 4 heterocycles. The van der Waals surface area contributed by atoms with E-state index in [0.29, 0.717) is 34.4 Å². The van der Waals surface area contributed by atoms with Crippen LogP contribution in [0, 0.1) is 16.7 Å². The quantitative estimate of drug-likeness (QED) is 0.350. The molecule has 1 aliphatic heterocycles. The second-order valence-corrected chi connectivity index (χ2v) is 13.2. The average molecular weight is 586 g/mol. The van der Waals surface area contributed by atoms with Gasteiger partial charge in [0.1, 0.15) is 40.5 Å². The number of nitrogens with zero attached hydrogens (tertiary/aromatic N) is 7. The fraction of sp³-hybridized carbons (Fsp3) is 0.516. The molecule has 0 bridgehead atoms. The topological polar surface area (TPSA) is 144 Å². The number of nitrogens with one attached hydrogen (secondary N) is 1. The molecule has 6 rings (SSSR count). The average Bonchev–Trinajstić information content (AvgIpc) is 3.58. The number of imidazole rings is 1. The number of thiophene rings is 1. The molecular formula is C31H39N9OS. The third-order valence-corrected chi connectivity index (χ3v) is 10.3. The largest absolute Gasteiger partial charge is 0.511 e. The summed E-state index contributed by atoms with van der Waals surface area (Å²) in [5, 5.41) is 31.9. The Morgan fingerprint density at radius 1 is 1.19 bits per heavy atom. The van der Waals surface area contributed by atoms with Crippen LogP contribution < -0.4 is 10.6 Å². The molecule has 10 nitrogen and oxygen atoms in total. The number of hydrogen-bond acceptors (Lipinski definition) is 10. The molecular weight excluding hydrogens is 546 g/mol. The Labute approximate surface area is 251 Å². The molecule has 0 unspecified atom stereocenters. The van der Waals surface area contributed by atoms with Crippen molar-refractivity contribution in [1.82, 2.24) is 24.4 Å². The van der Waals surface area contributed by atoms with E-state index in [0.717, 1.165) is 74.4 Å². The van der Waals surface area contributed by atoms with Crippen LogP contribution in [0.15, 0.2) is 36.1 Å². The van der Waals surface area contributed by atoms with E-state index < -0.39 is 5.41 Å². The molecule has 1 saturated heterocycles. The Bertz CT molecular complexity index is 1570. The van der Waals surface area contributed by atoms with Crippen molar-refractivity contribution in [2.45, 2.75) is 83.2 Å². The summed E-state index contributed by atoms with van der Waals surface area (Å²) in [6.07, 6.45) is 10.8. The number of aryl methyl sites for hydroxylation is 1. The summed E-state index contributed by atoms with van der Waals surface area (Å²) in [6, 6.07) is 4.98. The first-order valence-electron chi connectivity index (χ1n) is 14.9. The van der Waals surface area contributed by atoms with E-state index in [-0.39, 0.29) is 23.3 Å². The lowest BCUT2D eigenvalue weighted by Crippen LogP contribution is -2.42. The first-order valence-corrected chi connectivity index (χ1v) is 15.8. The van der Waals surface area contributed by atoms with Gasteiger partial charge in [0.05, 0.1) is 11.0 Å². The zero-order chi connectivity index (χ0) is 29.6. The summed E-state index contributed by atoms with van der Waals surface area (Å²) in [7, 11) is 0. The van der Waals surface area contributed by atoms with Crippen LogP contribution in [0.5, 0.6) is 0 Å². The van der Waals surface area contributed by atoms with E-state index in [1.165, 1.54) is 11.3 Å². The van der Waals surface area contributed by atoms with E-state index in [4.69, 9.17) is 15.7 Å². The highest BCUT2D eigenvalue weighted by molar-refractivity contribution is 7.16. The first kappa shape index (κ1) is 28.4. The van der Waals surface area contributed by atoms with Crippen molar-refractivity contribution in [1.29, 1.82) is 10.7 Å². The number of aliphatic hydroxyl groups excluding tert-OH is 1. The predicted octanol–water partition coefficient (Wildman–Crippen LogP) is 5.12. The molecule has 1 fully saturated rings. The zero-order valence-electron chi connectivity index (χ0n) is 24.6. The summed E-state index contributed by atoms with van der Waals surface area (Å²) in [4.78, 5) is 19.9. The highest BCUT2D eigenvalue weighted by atomic mass is 32.1. The second-order valence-electron chi connectivity index (χ2n) is 12.1. The van der Waals surface area contributed by atoms with Gasteiger partial charge in [-0.05, 0) is 71.3 Å². The highest BCUT2D eigenvalue weighted by Gasteiger charge is 2.47. The lowest BCUT2D eigenvalue weighted by molar-refractivity contribution is 0.224. The molecule has 0 radical (unpaired) electrons. The molecule has 3 aromatic rings. The molecule has 0 aromatic carbocycles. The summed E-state index contributed by atoms with van der Waals surface area (Å²) >= 11 is 1.46. The second kappa shape index (κ2) is 11.2. The number of anilines is 2. The summed E-state index contributed by atoms with van der Waals surface area (Å²) < 4.78 is 1.84. The van der Waals surface area contributed by atoms with Gasteiger partial charge in [-0.2, -0.15) is 5.26 Å². The van der Waals surface area contributed by atoms with E-state index in [1.807, 2.05) is 16.8 Å². The van der Waals surface area contributed by atoms with Gasteiger partial charge >= 0.3 is 0 Å².